The van der Waals surface area contributed by atoms with Crippen molar-refractivity contribution in [1.82, 2.24) is 19.4 Å². The van der Waals surface area contributed by atoms with Gasteiger partial charge >= 0.3 is 6.09 Å². The lowest BCUT2D eigenvalue weighted by Gasteiger charge is -2.47. The van der Waals surface area contributed by atoms with Crippen LogP contribution in [-0.4, -0.2) is 62.4 Å². The summed E-state index contributed by atoms with van der Waals surface area (Å²) in [6, 6.07) is 14.6. The highest BCUT2D eigenvalue weighted by Gasteiger charge is 2.49. The Morgan fingerprint density at radius 1 is 1.14 bits per heavy atom. The first kappa shape index (κ1) is 23.0. The molecule has 2 aliphatic rings. The number of likely N-dealkylation sites (tertiary alicyclic amines) is 1. The number of anilines is 1. The summed E-state index contributed by atoms with van der Waals surface area (Å²) in [6.45, 7) is 3.83. The lowest BCUT2D eigenvalue weighted by molar-refractivity contribution is 0.111. The quantitative estimate of drug-likeness (QED) is 0.606. The van der Waals surface area contributed by atoms with E-state index in [0.29, 0.717) is 50.7 Å². The molecule has 2 aromatic heterocycles. The van der Waals surface area contributed by atoms with E-state index in [-0.39, 0.29) is 18.2 Å². The lowest BCUT2D eigenvalue weighted by atomic mass is 9.89. The largest absolute Gasteiger partial charge is 0.450 e. The molecule has 9 nitrogen and oxygen atoms in total. The van der Waals surface area contributed by atoms with E-state index in [2.05, 4.69) is 4.98 Å². The predicted octanol–water partition coefficient (Wildman–Crippen LogP) is 2.85. The first-order chi connectivity index (χ1) is 17.0. The maximum Gasteiger partial charge on any atom is 0.409 e. The number of aliphatic hydroxyl groups is 1. The zero-order valence-electron chi connectivity index (χ0n) is 19.7. The van der Waals surface area contributed by atoms with Crippen molar-refractivity contribution in [2.24, 2.45) is 0 Å². The second-order valence-electron chi connectivity index (χ2n) is 9.05. The average Bonchev–Trinajstić information content (AvgIpc) is 3.32. The molecule has 9 heteroatoms. The van der Waals surface area contributed by atoms with E-state index >= 15 is 0 Å². The Labute approximate surface area is 203 Å². The number of carbonyl (C=O) groups is 1. The Morgan fingerprint density at radius 2 is 1.89 bits per heavy atom. The number of aromatic nitrogens is 3. The molecule has 5 rings (SSSR count). The summed E-state index contributed by atoms with van der Waals surface area (Å²) in [6.07, 6.45) is 3.56. The van der Waals surface area contributed by atoms with Crippen LogP contribution < -0.4 is 10.5 Å². The molecule has 35 heavy (non-hydrogen) atoms. The number of hydrogen-bond donors (Lipinski definition) is 1. The Kier molecular flexibility index (Phi) is 6.25. The van der Waals surface area contributed by atoms with Gasteiger partial charge in [-0.2, -0.15) is 0 Å². The molecule has 1 saturated heterocycles. The number of β-amino-alcohol motifs (C(OH)–C–C–N with tert-alkyl or cyclic N) is 1. The van der Waals surface area contributed by atoms with Crippen molar-refractivity contribution in [1.29, 1.82) is 0 Å². The number of carbonyl (C=O) groups excluding carboxylic acids is 1. The van der Waals surface area contributed by atoms with Gasteiger partial charge in [-0.25, -0.2) is 9.78 Å². The molecule has 182 valence electrons. The third-order valence-corrected chi connectivity index (χ3v) is 6.98. The Bertz CT molecular complexity index is 1250. The van der Waals surface area contributed by atoms with Crippen LogP contribution in [0.2, 0.25) is 0 Å². The molecule has 1 unspecified atom stereocenters. The summed E-state index contributed by atoms with van der Waals surface area (Å²) in [5, 5.41) is 11.2. The maximum absolute atomic E-state index is 13.2. The summed E-state index contributed by atoms with van der Waals surface area (Å²) >= 11 is 0. The van der Waals surface area contributed by atoms with Gasteiger partial charge in [0.1, 0.15) is 0 Å². The van der Waals surface area contributed by atoms with Gasteiger partial charge in [-0.1, -0.05) is 30.3 Å². The monoisotopic (exact) mass is 475 g/mol. The molecule has 1 N–H and O–H groups in total. The number of amides is 1. The lowest BCUT2D eigenvalue weighted by Crippen LogP contribution is -2.58. The minimum Gasteiger partial charge on any atom is -0.450 e. The molecular formula is C26H29N5O4. The highest BCUT2D eigenvalue weighted by atomic mass is 16.6. The Balaban J connectivity index is 1.57. The first-order valence-electron chi connectivity index (χ1n) is 12.0. The number of ether oxygens (including phenoxy) is 1. The Morgan fingerprint density at radius 3 is 2.63 bits per heavy atom. The molecule has 1 aromatic carbocycles. The average molecular weight is 476 g/mol. The van der Waals surface area contributed by atoms with Crippen molar-refractivity contribution in [2.45, 2.75) is 38.0 Å². The van der Waals surface area contributed by atoms with E-state index in [1.165, 1.54) is 0 Å². The molecule has 1 fully saturated rings. The number of nitrogens with zero attached hydrogens (tertiary/aromatic N) is 5. The third-order valence-electron chi connectivity index (χ3n) is 6.98. The van der Waals surface area contributed by atoms with Gasteiger partial charge in [-0.15, -0.1) is 0 Å². The van der Waals surface area contributed by atoms with E-state index in [4.69, 9.17) is 9.72 Å². The van der Waals surface area contributed by atoms with E-state index in [0.717, 1.165) is 11.1 Å². The number of rotatable bonds is 5. The topological polar surface area (TPSA) is 101 Å². The number of fused-ring (bicyclic) bond motifs is 1. The summed E-state index contributed by atoms with van der Waals surface area (Å²) in [5.41, 5.74) is 1.53. The van der Waals surface area contributed by atoms with Crippen molar-refractivity contribution < 1.29 is 14.6 Å². The van der Waals surface area contributed by atoms with Crippen molar-refractivity contribution in [3.05, 3.63) is 76.8 Å². The fourth-order valence-corrected chi connectivity index (χ4v) is 5.13. The molecular weight excluding hydrogens is 446 g/mol. The number of hydrogen-bond acceptors (Lipinski definition) is 7. The van der Waals surface area contributed by atoms with Crippen LogP contribution in [-0.2, 0) is 11.3 Å². The summed E-state index contributed by atoms with van der Waals surface area (Å²) in [7, 11) is 0. The summed E-state index contributed by atoms with van der Waals surface area (Å²) in [5.74, 6) is 0.510. The van der Waals surface area contributed by atoms with Crippen LogP contribution in [0.1, 0.15) is 31.4 Å². The molecule has 1 spiro atoms. The van der Waals surface area contributed by atoms with Crippen LogP contribution in [0.25, 0.3) is 11.3 Å². The van der Waals surface area contributed by atoms with Crippen LogP contribution in [0.3, 0.4) is 0 Å². The van der Waals surface area contributed by atoms with Crippen molar-refractivity contribution in [3.8, 4) is 11.3 Å². The fraction of sp³-hybridized carbons (Fsp3) is 0.385. The molecule has 2 aliphatic heterocycles. The standard InChI is InChI=1S/C26H29N5O4/c1-2-35-25(34)29-14-10-26(18-29)11-15-30-23(33)16-21(19-8-12-27-13-9-19)28-24(30)31(26)17-22(32)20-6-4-3-5-7-20/h3-9,12-13,16,22,32H,2,10-11,14-15,17-18H2,1H3/t22-,26?/m0/s1. The van der Waals surface area contributed by atoms with Crippen LogP contribution in [0, 0.1) is 0 Å². The second-order valence-corrected chi connectivity index (χ2v) is 9.05. The molecule has 0 radical (unpaired) electrons. The zero-order valence-corrected chi connectivity index (χ0v) is 19.7. The number of benzene rings is 1. The van der Waals surface area contributed by atoms with Gasteiger partial charge < -0.3 is 19.6 Å². The summed E-state index contributed by atoms with van der Waals surface area (Å²) < 4.78 is 6.92. The second kappa shape index (κ2) is 9.50. The highest BCUT2D eigenvalue weighted by molar-refractivity contribution is 5.69. The SMILES string of the molecule is CCOC(=O)N1CCC2(CCn3c(nc(-c4ccncc4)cc3=O)N2C[C@H](O)c2ccccc2)C1. The zero-order chi connectivity index (χ0) is 24.4. The molecule has 0 aliphatic carbocycles. The van der Waals surface area contributed by atoms with Gasteiger partial charge in [-0.05, 0) is 37.5 Å². The maximum atomic E-state index is 13.2. The van der Waals surface area contributed by atoms with Crippen LogP contribution in [0.4, 0.5) is 10.7 Å². The van der Waals surface area contributed by atoms with Gasteiger partial charge in [0.25, 0.3) is 5.56 Å². The molecule has 0 saturated carbocycles. The van der Waals surface area contributed by atoms with Crippen molar-refractivity contribution >= 4 is 12.0 Å². The van der Waals surface area contributed by atoms with Gasteiger partial charge in [0.2, 0.25) is 5.95 Å². The molecule has 0 bridgehead atoms. The normalized spacial score (nSPS) is 20.1. The number of aliphatic hydroxyl groups excluding tert-OH is 1. The van der Waals surface area contributed by atoms with Gasteiger partial charge in [0.15, 0.2) is 0 Å². The van der Waals surface area contributed by atoms with Crippen molar-refractivity contribution in [3.63, 3.8) is 0 Å². The minimum absolute atomic E-state index is 0.142. The van der Waals surface area contributed by atoms with Crippen LogP contribution in [0.15, 0.2) is 65.7 Å². The highest BCUT2D eigenvalue weighted by Crippen LogP contribution is 2.40. The molecule has 1 amide bonds. The molecule has 3 aromatic rings. The van der Waals surface area contributed by atoms with Gasteiger partial charge in [-0.3, -0.25) is 14.3 Å². The van der Waals surface area contributed by atoms with E-state index in [1.54, 1.807) is 34.9 Å². The van der Waals surface area contributed by atoms with Crippen molar-refractivity contribution in [2.75, 3.05) is 31.1 Å². The smallest absolute Gasteiger partial charge is 0.409 e. The first-order valence-corrected chi connectivity index (χ1v) is 12.0. The van der Waals surface area contributed by atoms with Crippen LogP contribution in [0.5, 0.6) is 0 Å². The van der Waals surface area contributed by atoms with E-state index in [9.17, 15) is 14.7 Å². The van der Waals surface area contributed by atoms with Gasteiger partial charge in [0.05, 0.1) is 30.5 Å². The Hall–Kier alpha value is -3.72. The van der Waals surface area contributed by atoms with Crippen LogP contribution >= 0.6 is 0 Å². The predicted molar refractivity (Wildman–Crippen MR) is 131 cm³/mol. The fourth-order valence-electron chi connectivity index (χ4n) is 5.13. The molecule has 4 heterocycles. The summed E-state index contributed by atoms with van der Waals surface area (Å²) in [4.78, 5) is 38.4. The van der Waals surface area contributed by atoms with Gasteiger partial charge in [0, 0.05) is 43.7 Å². The van der Waals surface area contributed by atoms with E-state index in [1.807, 2.05) is 47.4 Å². The minimum atomic E-state index is -0.794. The number of pyridine rings is 1. The third kappa shape index (κ3) is 4.39. The van der Waals surface area contributed by atoms with E-state index < -0.39 is 11.6 Å². The molecule has 2 atom stereocenters.